The van der Waals surface area contributed by atoms with Crippen molar-refractivity contribution in [3.05, 3.63) is 35.9 Å². The van der Waals surface area contributed by atoms with Crippen LogP contribution in [0, 0.1) is 5.92 Å². The Hall–Kier alpha value is -2.70. The van der Waals surface area contributed by atoms with Gasteiger partial charge in [-0.3, -0.25) is 19.9 Å². The Kier molecular flexibility index (Phi) is 3.63. The molecule has 0 aromatic heterocycles. The lowest BCUT2D eigenvalue weighted by Crippen LogP contribution is -2.48. The molecule has 0 aliphatic carbocycles. The van der Waals surface area contributed by atoms with Crippen LogP contribution in [-0.4, -0.2) is 40.5 Å². The predicted molar refractivity (Wildman–Crippen MR) is 81.1 cm³/mol. The summed E-state index contributed by atoms with van der Waals surface area (Å²) in [5, 5.41) is 3.88. The summed E-state index contributed by atoms with van der Waals surface area (Å²) >= 11 is 0. The second kappa shape index (κ2) is 5.49. The number of fused-ring (bicyclic) bond motifs is 1. The van der Waals surface area contributed by atoms with Crippen molar-refractivity contribution in [2.24, 2.45) is 11.0 Å². The molecule has 1 N–H and O–H groups in total. The van der Waals surface area contributed by atoms with Gasteiger partial charge in [-0.05, 0) is 19.4 Å². The fraction of sp³-hybridized carbons (Fsp3) is 0.375. The average Bonchev–Trinajstić information content (AvgIpc) is 2.98. The molecule has 2 unspecified atom stereocenters. The van der Waals surface area contributed by atoms with Crippen molar-refractivity contribution in [3.63, 3.8) is 0 Å². The average molecular weight is 315 g/mol. The van der Waals surface area contributed by atoms with Crippen LogP contribution in [0.2, 0.25) is 0 Å². The molecule has 23 heavy (non-hydrogen) atoms. The summed E-state index contributed by atoms with van der Waals surface area (Å²) in [6.45, 7) is 3.60. The lowest BCUT2D eigenvalue weighted by Gasteiger charge is -2.20. The molecule has 2 aliphatic heterocycles. The number of hydrogen-bond donors (Lipinski definition) is 1. The van der Waals surface area contributed by atoms with Gasteiger partial charge in [0.15, 0.2) is 5.71 Å². The fourth-order valence-corrected chi connectivity index (χ4v) is 2.93. The van der Waals surface area contributed by atoms with E-state index in [9.17, 15) is 14.4 Å². The second-order valence-electron chi connectivity index (χ2n) is 5.68. The van der Waals surface area contributed by atoms with E-state index >= 15 is 0 Å². The normalized spacial score (nSPS) is 25.9. The number of hydrogen-bond acceptors (Lipinski definition) is 6. The number of nitrogens with zero attached hydrogens (tertiary/aromatic N) is 2. The van der Waals surface area contributed by atoms with Gasteiger partial charge in [0.2, 0.25) is 5.91 Å². The summed E-state index contributed by atoms with van der Waals surface area (Å²) < 4.78 is 4.92. The molecule has 1 aromatic carbocycles. The number of carbonyl (C=O) groups excluding carboxylic acids is 3. The molecule has 1 fully saturated rings. The highest BCUT2D eigenvalue weighted by molar-refractivity contribution is 6.44. The summed E-state index contributed by atoms with van der Waals surface area (Å²) in [4.78, 5) is 38.5. The highest BCUT2D eigenvalue weighted by Crippen LogP contribution is 2.36. The van der Waals surface area contributed by atoms with Crippen molar-refractivity contribution in [2.45, 2.75) is 25.9 Å². The highest BCUT2D eigenvalue weighted by atomic mass is 16.5. The number of benzene rings is 1. The third kappa shape index (κ3) is 2.28. The molecule has 0 spiro atoms. The van der Waals surface area contributed by atoms with E-state index in [0.29, 0.717) is 0 Å². The SMILES string of the molecule is CCOC(=O)C1=NNC2(C)C(=O)N(Cc3ccccc3)C(=O)C12. The van der Waals surface area contributed by atoms with Crippen molar-refractivity contribution >= 4 is 23.5 Å². The molecular weight excluding hydrogens is 298 g/mol. The van der Waals surface area contributed by atoms with Crippen LogP contribution in [0.3, 0.4) is 0 Å². The van der Waals surface area contributed by atoms with E-state index in [4.69, 9.17) is 4.74 Å². The summed E-state index contributed by atoms with van der Waals surface area (Å²) in [5.41, 5.74) is 2.23. The minimum absolute atomic E-state index is 0.0386. The summed E-state index contributed by atoms with van der Waals surface area (Å²) in [5.74, 6) is -2.44. The number of ether oxygens (including phenoxy) is 1. The number of imide groups is 1. The van der Waals surface area contributed by atoms with Crippen molar-refractivity contribution in [3.8, 4) is 0 Å². The molecule has 7 nitrogen and oxygen atoms in total. The summed E-state index contributed by atoms with van der Waals surface area (Å²) in [6, 6.07) is 9.22. The van der Waals surface area contributed by atoms with Gasteiger partial charge < -0.3 is 4.74 Å². The Morgan fingerprint density at radius 3 is 2.70 bits per heavy atom. The van der Waals surface area contributed by atoms with Gasteiger partial charge in [0, 0.05) is 0 Å². The molecule has 0 saturated carbocycles. The van der Waals surface area contributed by atoms with Gasteiger partial charge in [0.1, 0.15) is 11.5 Å². The lowest BCUT2D eigenvalue weighted by atomic mass is 9.86. The Balaban J connectivity index is 1.88. The fourth-order valence-electron chi connectivity index (χ4n) is 2.93. The van der Waals surface area contributed by atoms with Gasteiger partial charge >= 0.3 is 5.97 Å². The van der Waals surface area contributed by atoms with Crippen LogP contribution in [0.1, 0.15) is 19.4 Å². The van der Waals surface area contributed by atoms with Crippen molar-refractivity contribution in [1.29, 1.82) is 0 Å². The van der Waals surface area contributed by atoms with Crippen LogP contribution in [0.15, 0.2) is 35.4 Å². The maximum absolute atomic E-state index is 12.7. The number of amides is 2. The predicted octanol–water partition coefficient (Wildman–Crippen LogP) is 0.453. The number of likely N-dealkylation sites (tertiary alicyclic amines) is 1. The van der Waals surface area contributed by atoms with Gasteiger partial charge in [0.25, 0.3) is 5.91 Å². The first kappa shape index (κ1) is 15.2. The summed E-state index contributed by atoms with van der Waals surface area (Å²) in [7, 11) is 0. The third-order valence-corrected chi connectivity index (χ3v) is 4.13. The van der Waals surface area contributed by atoms with Crippen LogP contribution in [0.5, 0.6) is 0 Å². The molecular formula is C16H17N3O4. The van der Waals surface area contributed by atoms with Gasteiger partial charge in [-0.2, -0.15) is 5.10 Å². The van der Waals surface area contributed by atoms with E-state index in [1.165, 1.54) is 4.90 Å². The molecule has 2 amide bonds. The number of rotatable bonds is 4. The molecule has 0 radical (unpaired) electrons. The standard InChI is InChI=1S/C16H17N3O4/c1-3-23-14(21)12-11-13(20)19(9-10-7-5-4-6-8-10)15(22)16(11,2)18-17-12/h4-8,11,18H,3,9H2,1-2H3. The van der Waals surface area contributed by atoms with Crippen LogP contribution < -0.4 is 5.43 Å². The third-order valence-electron chi connectivity index (χ3n) is 4.13. The maximum Gasteiger partial charge on any atom is 0.355 e. The minimum Gasteiger partial charge on any atom is -0.461 e. The zero-order valence-corrected chi connectivity index (χ0v) is 12.9. The largest absolute Gasteiger partial charge is 0.461 e. The molecule has 2 atom stereocenters. The first-order chi connectivity index (χ1) is 11.0. The first-order valence-corrected chi connectivity index (χ1v) is 7.40. The van der Waals surface area contributed by atoms with Crippen molar-refractivity contribution < 1.29 is 19.1 Å². The first-order valence-electron chi connectivity index (χ1n) is 7.40. The van der Waals surface area contributed by atoms with Gasteiger partial charge in [-0.25, -0.2) is 4.79 Å². The molecule has 2 heterocycles. The molecule has 3 rings (SSSR count). The van der Waals surface area contributed by atoms with E-state index in [1.54, 1.807) is 13.8 Å². The van der Waals surface area contributed by atoms with Gasteiger partial charge in [-0.15, -0.1) is 0 Å². The van der Waals surface area contributed by atoms with Crippen molar-refractivity contribution in [2.75, 3.05) is 6.61 Å². The van der Waals surface area contributed by atoms with E-state index in [2.05, 4.69) is 10.5 Å². The Morgan fingerprint density at radius 1 is 1.35 bits per heavy atom. The number of nitrogens with one attached hydrogen (secondary N) is 1. The zero-order chi connectivity index (χ0) is 16.6. The monoisotopic (exact) mass is 315 g/mol. The summed E-state index contributed by atoms with van der Waals surface area (Å²) in [6.07, 6.45) is 0. The van der Waals surface area contributed by atoms with Crippen molar-refractivity contribution in [1.82, 2.24) is 10.3 Å². The van der Waals surface area contributed by atoms with E-state index < -0.39 is 23.3 Å². The van der Waals surface area contributed by atoms with E-state index in [-0.39, 0.29) is 24.8 Å². The Morgan fingerprint density at radius 2 is 2.04 bits per heavy atom. The quantitative estimate of drug-likeness (QED) is 0.644. The molecule has 7 heteroatoms. The van der Waals surface area contributed by atoms with Crippen LogP contribution in [0.4, 0.5) is 0 Å². The smallest absolute Gasteiger partial charge is 0.355 e. The second-order valence-corrected chi connectivity index (χ2v) is 5.68. The van der Waals surface area contributed by atoms with Gasteiger partial charge in [-0.1, -0.05) is 30.3 Å². The molecule has 1 aromatic rings. The van der Waals surface area contributed by atoms with E-state index in [1.807, 2.05) is 30.3 Å². The number of hydrazone groups is 1. The van der Waals surface area contributed by atoms with Crippen LogP contribution in [-0.2, 0) is 25.7 Å². The molecule has 1 saturated heterocycles. The zero-order valence-electron chi connectivity index (χ0n) is 12.9. The Labute approximate surface area is 133 Å². The van der Waals surface area contributed by atoms with Crippen LogP contribution in [0.25, 0.3) is 0 Å². The molecule has 2 aliphatic rings. The lowest BCUT2D eigenvalue weighted by molar-refractivity contribution is -0.142. The Bertz CT molecular complexity index is 701. The molecule has 0 bridgehead atoms. The topological polar surface area (TPSA) is 88.1 Å². The maximum atomic E-state index is 12.7. The molecule has 120 valence electrons. The minimum atomic E-state index is -1.23. The number of esters is 1. The number of carbonyl (C=O) groups is 3. The highest BCUT2D eigenvalue weighted by Gasteiger charge is 2.63. The van der Waals surface area contributed by atoms with Gasteiger partial charge in [0.05, 0.1) is 13.2 Å². The van der Waals surface area contributed by atoms with Crippen LogP contribution >= 0.6 is 0 Å². The van der Waals surface area contributed by atoms with E-state index in [0.717, 1.165) is 5.56 Å².